The van der Waals surface area contributed by atoms with Crippen molar-refractivity contribution in [1.29, 1.82) is 0 Å². The van der Waals surface area contributed by atoms with Crippen molar-refractivity contribution in [2.75, 3.05) is 26.2 Å². The Morgan fingerprint density at radius 3 is 2.28 bits per heavy atom. The second-order valence-corrected chi connectivity index (χ2v) is 8.41. The minimum atomic E-state index is -4.08. The molecule has 4 rings (SSSR count). The van der Waals surface area contributed by atoms with Crippen molar-refractivity contribution >= 4 is 0 Å². The number of hydrogen-bond acceptors (Lipinski definition) is 3. The van der Waals surface area contributed by atoms with E-state index < -0.39 is 11.6 Å². The summed E-state index contributed by atoms with van der Waals surface area (Å²) in [5.41, 5.74) is 0.698. The largest absolute Gasteiger partial charge is 0.477 e. The number of rotatable bonds is 6. The van der Waals surface area contributed by atoms with Crippen molar-refractivity contribution in [2.24, 2.45) is 11.3 Å². The summed E-state index contributed by atoms with van der Waals surface area (Å²) in [5, 5.41) is 0. The van der Waals surface area contributed by atoms with Crippen molar-refractivity contribution < 1.29 is 17.9 Å². The van der Waals surface area contributed by atoms with E-state index in [9.17, 15) is 13.2 Å². The molecule has 0 radical (unpaired) electrons. The molecule has 0 N–H and O–H groups in total. The van der Waals surface area contributed by atoms with Crippen LogP contribution >= 0.6 is 0 Å². The average molecular weight is 404 g/mol. The molecular weight excluding hydrogens is 377 g/mol. The summed E-state index contributed by atoms with van der Waals surface area (Å²) < 4.78 is 46.0. The summed E-state index contributed by atoms with van der Waals surface area (Å²) in [6.45, 7) is 2.15. The molecule has 1 aromatic carbocycles. The predicted octanol–water partition coefficient (Wildman–Crippen LogP) is 5.57. The lowest BCUT2D eigenvalue weighted by Gasteiger charge is -2.47. The van der Waals surface area contributed by atoms with E-state index >= 15 is 0 Å². The maximum Gasteiger partial charge on any atom is 0.395 e. The molecule has 0 spiro atoms. The van der Waals surface area contributed by atoms with Gasteiger partial charge in [-0.05, 0) is 56.3 Å². The number of alkyl halides is 3. The van der Waals surface area contributed by atoms with E-state index in [-0.39, 0.29) is 19.4 Å². The lowest BCUT2D eigenvalue weighted by atomic mass is 9.67. The quantitative estimate of drug-likeness (QED) is 0.629. The Bertz CT molecular complexity index is 780. The van der Waals surface area contributed by atoms with Crippen molar-refractivity contribution in [2.45, 2.75) is 38.3 Å². The first-order valence-electron chi connectivity index (χ1n) is 10.4. The standard InChI is InChI=1S/C23H27F3N2O/c24-23(25,26)22(11-4-12-22)17-28-13-9-18(10-14-28)16-29-21-8-7-20(15-27-21)19-5-2-1-3-6-19/h1-3,5-8,15,18H,4,9-14,16-17H2. The smallest absolute Gasteiger partial charge is 0.395 e. The molecule has 0 atom stereocenters. The highest BCUT2D eigenvalue weighted by molar-refractivity contribution is 5.62. The SMILES string of the molecule is FC(F)(F)C1(CN2CCC(COc3ccc(-c4ccccc4)cn3)CC2)CCC1. The third kappa shape index (κ3) is 4.58. The van der Waals surface area contributed by atoms with Crippen LogP contribution in [0.5, 0.6) is 5.88 Å². The monoisotopic (exact) mass is 404 g/mol. The minimum absolute atomic E-state index is 0.159. The summed E-state index contributed by atoms with van der Waals surface area (Å²) in [4.78, 5) is 6.39. The number of benzene rings is 1. The van der Waals surface area contributed by atoms with E-state index in [1.54, 1.807) is 0 Å². The van der Waals surface area contributed by atoms with Gasteiger partial charge in [-0.15, -0.1) is 0 Å². The molecular formula is C23H27F3N2O. The van der Waals surface area contributed by atoms with E-state index in [2.05, 4.69) is 4.98 Å². The summed E-state index contributed by atoms with van der Waals surface area (Å²) in [6, 6.07) is 13.9. The van der Waals surface area contributed by atoms with Crippen molar-refractivity contribution in [3.63, 3.8) is 0 Å². The van der Waals surface area contributed by atoms with E-state index in [1.807, 2.05) is 53.6 Å². The van der Waals surface area contributed by atoms with Crippen LogP contribution in [0.1, 0.15) is 32.1 Å². The first-order valence-corrected chi connectivity index (χ1v) is 10.4. The molecule has 1 saturated heterocycles. The molecule has 2 aromatic rings. The second-order valence-electron chi connectivity index (χ2n) is 8.41. The highest BCUT2D eigenvalue weighted by atomic mass is 19.4. The maximum atomic E-state index is 13.4. The van der Waals surface area contributed by atoms with Gasteiger partial charge in [0.1, 0.15) is 0 Å². The third-order valence-corrected chi connectivity index (χ3v) is 6.46. The van der Waals surface area contributed by atoms with Crippen LogP contribution in [-0.2, 0) is 0 Å². The van der Waals surface area contributed by atoms with Gasteiger partial charge >= 0.3 is 6.18 Å². The second kappa shape index (κ2) is 8.34. The van der Waals surface area contributed by atoms with Gasteiger partial charge in [0.2, 0.25) is 5.88 Å². The van der Waals surface area contributed by atoms with Crippen molar-refractivity contribution in [3.05, 3.63) is 48.7 Å². The minimum Gasteiger partial charge on any atom is -0.477 e. The zero-order valence-electron chi connectivity index (χ0n) is 16.5. The molecule has 6 heteroatoms. The number of aromatic nitrogens is 1. The first kappa shape index (κ1) is 20.2. The average Bonchev–Trinajstić information content (AvgIpc) is 2.70. The Morgan fingerprint density at radius 1 is 1.00 bits per heavy atom. The number of hydrogen-bond donors (Lipinski definition) is 0. The molecule has 1 saturated carbocycles. The first-order chi connectivity index (χ1) is 14.0. The van der Waals surface area contributed by atoms with Crippen molar-refractivity contribution in [1.82, 2.24) is 9.88 Å². The van der Waals surface area contributed by atoms with Crippen LogP contribution < -0.4 is 4.74 Å². The van der Waals surface area contributed by atoms with Crippen LogP contribution in [0, 0.1) is 11.3 Å². The molecule has 3 nitrogen and oxygen atoms in total. The topological polar surface area (TPSA) is 25.4 Å². The van der Waals surface area contributed by atoms with Gasteiger partial charge in [0.25, 0.3) is 0 Å². The Labute approximate surface area is 169 Å². The van der Waals surface area contributed by atoms with Gasteiger partial charge < -0.3 is 9.64 Å². The molecule has 156 valence electrons. The fourth-order valence-electron chi connectivity index (χ4n) is 4.34. The summed E-state index contributed by atoms with van der Waals surface area (Å²) in [6.07, 6.45) is 0.728. The van der Waals surface area contributed by atoms with Gasteiger partial charge in [-0.2, -0.15) is 13.2 Å². The van der Waals surface area contributed by atoms with Crippen LogP contribution in [0.4, 0.5) is 13.2 Å². The summed E-state index contributed by atoms with van der Waals surface area (Å²) in [7, 11) is 0. The van der Waals surface area contributed by atoms with Gasteiger partial charge in [-0.1, -0.05) is 36.8 Å². The molecule has 0 bridgehead atoms. The van der Waals surface area contributed by atoms with E-state index in [0.717, 1.165) is 24.0 Å². The number of nitrogens with zero attached hydrogens (tertiary/aromatic N) is 2. The molecule has 1 aromatic heterocycles. The molecule has 2 heterocycles. The molecule has 0 unspecified atom stereocenters. The van der Waals surface area contributed by atoms with Gasteiger partial charge in [0, 0.05) is 24.4 Å². The van der Waals surface area contributed by atoms with Crippen LogP contribution in [0.3, 0.4) is 0 Å². The summed E-state index contributed by atoms with van der Waals surface area (Å²) >= 11 is 0. The number of likely N-dealkylation sites (tertiary alicyclic amines) is 1. The fourth-order valence-corrected chi connectivity index (χ4v) is 4.34. The third-order valence-electron chi connectivity index (χ3n) is 6.46. The molecule has 29 heavy (non-hydrogen) atoms. The number of ether oxygens (including phenoxy) is 1. The number of pyridine rings is 1. The van der Waals surface area contributed by atoms with E-state index in [4.69, 9.17) is 4.74 Å². The summed E-state index contributed by atoms with van der Waals surface area (Å²) in [5.74, 6) is 0.961. The number of halogens is 3. The highest BCUT2D eigenvalue weighted by Crippen LogP contribution is 2.53. The molecule has 0 amide bonds. The Balaban J connectivity index is 1.23. The van der Waals surface area contributed by atoms with Gasteiger partial charge in [-0.25, -0.2) is 4.98 Å². The zero-order valence-corrected chi connectivity index (χ0v) is 16.5. The highest BCUT2D eigenvalue weighted by Gasteiger charge is 2.58. The van der Waals surface area contributed by atoms with Crippen LogP contribution in [-0.4, -0.2) is 42.3 Å². The molecule has 2 fully saturated rings. The van der Waals surface area contributed by atoms with E-state index in [0.29, 0.717) is 37.9 Å². The van der Waals surface area contributed by atoms with Gasteiger partial charge in [0.05, 0.1) is 12.0 Å². The molecule has 1 aliphatic heterocycles. The Hall–Kier alpha value is -2.08. The Kier molecular flexibility index (Phi) is 5.81. The van der Waals surface area contributed by atoms with E-state index in [1.165, 1.54) is 0 Å². The van der Waals surface area contributed by atoms with Crippen molar-refractivity contribution in [3.8, 4) is 17.0 Å². The van der Waals surface area contributed by atoms with Gasteiger partial charge in [0.15, 0.2) is 0 Å². The lowest BCUT2D eigenvalue weighted by Crippen LogP contribution is -2.53. The van der Waals surface area contributed by atoms with Crippen LogP contribution in [0.25, 0.3) is 11.1 Å². The maximum absolute atomic E-state index is 13.4. The number of piperidine rings is 1. The molecule has 2 aliphatic rings. The predicted molar refractivity (Wildman–Crippen MR) is 107 cm³/mol. The normalized spacial score (nSPS) is 20.2. The zero-order chi connectivity index (χ0) is 20.3. The molecule has 1 aliphatic carbocycles. The van der Waals surface area contributed by atoms with Crippen LogP contribution in [0.15, 0.2) is 48.7 Å². The van der Waals surface area contributed by atoms with Gasteiger partial charge in [-0.3, -0.25) is 0 Å². The lowest BCUT2D eigenvalue weighted by molar-refractivity contribution is -0.256. The van der Waals surface area contributed by atoms with Crippen LogP contribution in [0.2, 0.25) is 0 Å². The fraction of sp³-hybridized carbons (Fsp3) is 0.522. The Morgan fingerprint density at radius 2 is 1.72 bits per heavy atom.